The number of aromatic nitrogens is 2. The van der Waals surface area contributed by atoms with Crippen LogP contribution in [0.15, 0.2) is 12.4 Å². The maximum atomic E-state index is 11.5. The summed E-state index contributed by atoms with van der Waals surface area (Å²) in [5.74, 6) is 1.35. The largest absolute Gasteiger partial charge is 0.370 e. The monoisotopic (exact) mass is 273 g/mol. The minimum Gasteiger partial charge on any atom is -0.370 e. The highest BCUT2D eigenvalue weighted by molar-refractivity contribution is 7.89. The summed E-state index contributed by atoms with van der Waals surface area (Å²) in [4.78, 5) is 8.04. The Kier molecular flexibility index (Phi) is 5.29. The molecular formula is C10H19N5O2S. The normalized spacial score (nSPS) is 11.6. The number of anilines is 2. The number of nitrogens with one attached hydrogen (secondary N) is 2. The molecule has 0 bridgehead atoms. The van der Waals surface area contributed by atoms with Crippen LogP contribution in [0.25, 0.3) is 0 Å². The molecule has 0 fully saturated rings. The SMILES string of the molecule is CCNc1cc(NCCS(=O)(=O)N(C)C)ncn1. The van der Waals surface area contributed by atoms with Crippen LogP contribution in [0, 0.1) is 0 Å². The van der Waals surface area contributed by atoms with E-state index >= 15 is 0 Å². The first-order chi connectivity index (χ1) is 8.45. The summed E-state index contributed by atoms with van der Waals surface area (Å²) < 4.78 is 24.3. The molecule has 0 amide bonds. The van der Waals surface area contributed by atoms with Crippen LogP contribution < -0.4 is 10.6 Å². The molecule has 2 N–H and O–H groups in total. The van der Waals surface area contributed by atoms with E-state index in [4.69, 9.17) is 0 Å². The molecule has 102 valence electrons. The van der Waals surface area contributed by atoms with Crippen LogP contribution in [0.2, 0.25) is 0 Å². The van der Waals surface area contributed by atoms with Crippen molar-refractivity contribution in [3.8, 4) is 0 Å². The van der Waals surface area contributed by atoms with Crippen molar-refractivity contribution < 1.29 is 8.42 Å². The maximum absolute atomic E-state index is 11.5. The molecule has 1 aromatic rings. The molecule has 0 saturated heterocycles. The van der Waals surface area contributed by atoms with Gasteiger partial charge in [0, 0.05) is 33.3 Å². The molecule has 0 spiro atoms. The molecular weight excluding hydrogens is 254 g/mol. The molecule has 0 aromatic carbocycles. The quantitative estimate of drug-likeness (QED) is 0.738. The van der Waals surface area contributed by atoms with Crippen LogP contribution in [0.1, 0.15) is 6.92 Å². The highest BCUT2D eigenvalue weighted by Crippen LogP contribution is 2.07. The molecule has 8 heteroatoms. The molecule has 0 radical (unpaired) electrons. The molecule has 0 aliphatic carbocycles. The molecule has 0 aliphatic rings. The van der Waals surface area contributed by atoms with Crippen molar-refractivity contribution in [3.63, 3.8) is 0 Å². The predicted molar refractivity (Wildman–Crippen MR) is 72.2 cm³/mol. The standard InChI is InChI=1S/C10H19N5O2S/c1-4-11-9-7-10(14-8-13-9)12-5-6-18(16,17)15(2)3/h7-8H,4-6H2,1-3H3,(H2,11,12,13,14). The highest BCUT2D eigenvalue weighted by atomic mass is 32.2. The fraction of sp³-hybridized carbons (Fsp3) is 0.600. The van der Waals surface area contributed by atoms with Gasteiger partial charge in [-0.05, 0) is 6.92 Å². The summed E-state index contributed by atoms with van der Waals surface area (Å²) in [6, 6.07) is 1.74. The second-order valence-electron chi connectivity index (χ2n) is 3.84. The second-order valence-corrected chi connectivity index (χ2v) is 6.15. The van der Waals surface area contributed by atoms with Crippen molar-refractivity contribution in [2.45, 2.75) is 6.92 Å². The zero-order valence-electron chi connectivity index (χ0n) is 10.8. The fourth-order valence-corrected chi connectivity index (χ4v) is 1.95. The van der Waals surface area contributed by atoms with Gasteiger partial charge in [-0.3, -0.25) is 0 Å². The van der Waals surface area contributed by atoms with Gasteiger partial charge in [0.1, 0.15) is 18.0 Å². The Morgan fingerprint density at radius 3 is 2.39 bits per heavy atom. The van der Waals surface area contributed by atoms with Crippen LogP contribution in [-0.2, 0) is 10.0 Å². The Morgan fingerprint density at radius 1 is 1.22 bits per heavy atom. The van der Waals surface area contributed by atoms with Crippen molar-refractivity contribution in [1.29, 1.82) is 0 Å². The van der Waals surface area contributed by atoms with E-state index in [0.717, 1.165) is 6.54 Å². The molecule has 0 aliphatic heterocycles. The Morgan fingerprint density at radius 2 is 1.83 bits per heavy atom. The van der Waals surface area contributed by atoms with Crippen LogP contribution >= 0.6 is 0 Å². The van der Waals surface area contributed by atoms with E-state index in [1.807, 2.05) is 6.92 Å². The molecule has 0 saturated carbocycles. The third-order valence-electron chi connectivity index (χ3n) is 2.25. The third-order valence-corrected chi connectivity index (χ3v) is 4.08. The minimum atomic E-state index is -3.18. The third kappa shape index (κ3) is 4.46. The summed E-state index contributed by atoms with van der Waals surface area (Å²) in [7, 11) is -0.143. The van der Waals surface area contributed by atoms with E-state index in [2.05, 4.69) is 20.6 Å². The first kappa shape index (κ1) is 14.7. The van der Waals surface area contributed by atoms with Crippen molar-refractivity contribution in [2.24, 2.45) is 0 Å². The first-order valence-corrected chi connectivity index (χ1v) is 7.26. The number of rotatable bonds is 7. The van der Waals surface area contributed by atoms with Gasteiger partial charge in [-0.25, -0.2) is 22.7 Å². The Balaban J connectivity index is 2.51. The van der Waals surface area contributed by atoms with E-state index in [0.29, 0.717) is 18.2 Å². The van der Waals surface area contributed by atoms with Gasteiger partial charge in [0.15, 0.2) is 0 Å². The average Bonchev–Trinajstić information content (AvgIpc) is 2.29. The van der Waals surface area contributed by atoms with E-state index in [1.165, 1.54) is 24.7 Å². The topological polar surface area (TPSA) is 87.2 Å². The van der Waals surface area contributed by atoms with Gasteiger partial charge >= 0.3 is 0 Å². The summed E-state index contributed by atoms with van der Waals surface area (Å²) >= 11 is 0. The van der Waals surface area contributed by atoms with Gasteiger partial charge in [0.25, 0.3) is 0 Å². The Hall–Kier alpha value is -1.41. The first-order valence-electron chi connectivity index (χ1n) is 5.65. The van der Waals surface area contributed by atoms with Crippen molar-refractivity contribution in [3.05, 3.63) is 12.4 Å². The molecule has 0 unspecified atom stereocenters. The Bertz CT molecular complexity index is 475. The molecule has 1 rings (SSSR count). The van der Waals surface area contributed by atoms with Gasteiger partial charge in [-0.1, -0.05) is 0 Å². The summed E-state index contributed by atoms with van der Waals surface area (Å²) in [5.41, 5.74) is 0. The molecule has 1 aromatic heterocycles. The molecule has 1 heterocycles. The maximum Gasteiger partial charge on any atom is 0.215 e. The summed E-state index contributed by atoms with van der Waals surface area (Å²) in [6.45, 7) is 3.05. The van der Waals surface area contributed by atoms with Gasteiger partial charge in [-0.2, -0.15) is 0 Å². The smallest absolute Gasteiger partial charge is 0.215 e. The zero-order chi connectivity index (χ0) is 13.6. The lowest BCUT2D eigenvalue weighted by atomic mass is 10.5. The zero-order valence-corrected chi connectivity index (χ0v) is 11.7. The van der Waals surface area contributed by atoms with Crippen molar-refractivity contribution in [2.75, 3.05) is 43.6 Å². The number of hydrogen-bond acceptors (Lipinski definition) is 6. The van der Waals surface area contributed by atoms with Crippen LogP contribution in [0.3, 0.4) is 0 Å². The number of hydrogen-bond donors (Lipinski definition) is 2. The van der Waals surface area contributed by atoms with E-state index in [1.54, 1.807) is 6.07 Å². The van der Waals surface area contributed by atoms with Crippen LogP contribution in [0.4, 0.5) is 11.6 Å². The van der Waals surface area contributed by atoms with Crippen molar-refractivity contribution >= 4 is 21.7 Å². The number of sulfonamides is 1. The lowest BCUT2D eigenvalue weighted by Crippen LogP contribution is -2.28. The van der Waals surface area contributed by atoms with Crippen molar-refractivity contribution in [1.82, 2.24) is 14.3 Å². The van der Waals surface area contributed by atoms with Gasteiger partial charge < -0.3 is 10.6 Å². The molecule has 0 atom stereocenters. The van der Waals surface area contributed by atoms with E-state index < -0.39 is 10.0 Å². The summed E-state index contributed by atoms with van der Waals surface area (Å²) in [6.07, 6.45) is 1.43. The van der Waals surface area contributed by atoms with Crippen LogP contribution in [-0.4, -0.2) is 55.6 Å². The second kappa shape index (κ2) is 6.50. The number of nitrogens with zero attached hydrogens (tertiary/aromatic N) is 3. The van der Waals surface area contributed by atoms with E-state index in [-0.39, 0.29) is 5.75 Å². The summed E-state index contributed by atoms with van der Waals surface area (Å²) in [5, 5.41) is 6.01. The minimum absolute atomic E-state index is 0.0283. The van der Waals surface area contributed by atoms with Crippen LogP contribution in [0.5, 0.6) is 0 Å². The fourth-order valence-electron chi connectivity index (χ4n) is 1.22. The lowest BCUT2D eigenvalue weighted by Gasteiger charge is -2.12. The van der Waals surface area contributed by atoms with E-state index in [9.17, 15) is 8.42 Å². The Labute approximate surface area is 108 Å². The van der Waals surface area contributed by atoms with Gasteiger partial charge in [0.05, 0.1) is 5.75 Å². The highest BCUT2D eigenvalue weighted by Gasteiger charge is 2.12. The average molecular weight is 273 g/mol. The van der Waals surface area contributed by atoms with Gasteiger partial charge in [0.2, 0.25) is 10.0 Å². The molecule has 7 nitrogen and oxygen atoms in total. The predicted octanol–water partition coefficient (Wildman–Crippen LogP) is 0.212. The van der Waals surface area contributed by atoms with Gasteiger partial charge in [-0.15, -0.1) is 0 Å². The lowest BCUT2D eigenvalue weighted by molar-refractivity contribution is 0.521. The molecule has 18 heavy (non-hydrogen) atoms.